The van der Waals surface area contributed by atoms with Crippen molar-refractivity contribution in [2.45, 2.75) is 35.5 Å². The molecular formula is C11H16BrI. The molecule has 0 nitrogen and oxygen atoms in total. The van der Waals surface area contributed by atoms with Crippen LogP contribution in [0.4, 0.5) is 0 Å². The summed E-state index contributed by atoms with van der Waals surface area (Å²) < 4.78 is 0.690. The summed E-state index contributed by atoms with van der Waals surface area (Å²) in [7, 11) is 0. The minimum atomic E-state index is 0.690. The van der Waals surface area contributed by atoms with Crippen molar-refractivity contribution in [3.63, 3.8) is 0 Å². The summed E-state index contributed by atoms with van der Waals surface area (Å²) in [5.41, 5.74) is 0. The Labute approximate surface area is 103 Å². The first-order valence-electron chi connectivity index (χ1n) is 5.46. The fourth-order valence-electron chi connectivity index (χ4n) is 4.31. The maximum Gasteiger partial charge on any atom is 0.0266 e. The highest BCUT2D eigenvalue weighted by atomic mass is 127. The Hall–Kier alpha value is 1.21. The van der Waals surface area contributed by atoms with E-state index in [1.165, 1.54) is 18.2 Å². The molecule has 0 heterocycles. The summed E-state index contributed by atoms with van der Waals surface area (Å²) in [5, 5.41) is 1.25. The first-order valence-corrected chi connectivity index (χ1v) is 7.66. The number of halogens is 2. The van der Waals surface area contributed by atoms with Gasteiger partial charge in [0, 0.05) is 8.75 Å². The lowest BCUT2D eigenvalue weighted by molar-refractivity contribution is 0.00199. The topological polar surface area (TPSA) is 0 Å². The SMILES string of the molecule is BrCC1C2CC3CC(C2)CC1(I)C3. The summed E-state index contributed by atoms with van der Waals surface area (Å²) in [6.07, 6.45) is 7.72. The molecule has 2 heteroatoms. The Morgan fingerprint density at radius 2 is 1.77 bits per heavy atom. The molecule has 0 saturated heterocycles. The van der Waals surface area contributed by atoms with Crippen LogP contribution in [0.5, 0.6) is 0 Å². The molecule has 0 N–H and O–H groups in total. The molecule has 0 aromatic rings. The fraction of sp³-hybridized carbons (Fsp3) is 1.00. The van der Waals surface area contributed by atoms with E-state index in [2.05, 4.69) is 38.5 Å². The van der Waals surface area contributed by atoms with Crippen molar-refractivity contribution in [3.8, 4) is 0 Å². The Morgan fingerprint density at radius 3 is 2.23 bits per heavy atom. The van der Waals surface area contributed by atoms with Gasteiger partial charge in [0.1, 0.15) is 0 Å². The summed E-state index contributed by atoms with van der Waals surface area (Å²) in [6.45, 7) is 0. The fourth-order valence-corrected chi connectivity index (χ4v) is 8.04. The number of hydrogen-bond donors (Lipinski definition) is 0. The van der Waals surface area contributed by atoms with Gasteiger partial charge in [-0.1, -0.05) is 38.5 Å². The second kappa shape index (κ2) is 3.10. The van der Waals surface area contributed by atoms with Crippen molar-refractivity contribution >= 4 is 38.5 Å². The maximum absolute atomic E-state index is 3.73. The van der Waals surface area contributed by atoms with Gasteiger partial charge < -0.3 is 0 Å². The highest BCUT2D eigenvalue weighted by molar-refractivity contribution is 14.1. The monoisotopic (exact) mass is 354 g/mol. The van der Waals surface area contributed by atoms with Gasteiger partial charge in [-0.05, 0) is 55.8 Å². The van der Waals surface area contributed by atoms with Gasteiger partial charge in [0.05, 0.1) is 0 Å². The molecule has 4 saturated carbocycles. The lowest BCUT2D eigenvalue weighted by Crippen LogP contribution is -2.54. The zero-order valence-corrected chi connectivity index (χ0v) is 11.6. The third-order valence-corrected chi connectivity index (χ3v) is 6.97. The molecule has 3 atom stereocenters. The smallest absolute Gasteiger partial charge is 0.0266 e. The van der Waals surface area contributed by atoms with Crippen LogP contribution in [0.15, 0.2) is 0 Å². The normalized spacial score (nSPS) is 58.6. The molecule has 0 aromatic carbocycles. The van der Waals surface area contributed by atoms with Gasteiger partial charge in [-0.15, -0.1) is 0 Å². The van der Waals surface area contributed by atoms with Gasteiger partial charge in [0.25, 0.3) is 0 Å². The lowest BCUT2D eigenvalue weighted by atomic mass is 9.52. The molecular weight excluding hydrogens is 339 g/mol. The molecule has 4 aliphatic rings. The molecule has 3 unspecified atom stereocenters. The van der Waals surface area contributed by atoms with Gasteiger partial charge in [-0.2, -0.15) is 0 Å². The molecule has 4 aliphatic carbocycles. The molecule has 0 spiro atoms. The Kier molecular flexibility index (Phi) is 2.25. The van der Waals surface area contributed by atoms with E-state index in [1.54, 1.807) is 19.3 Å². The van der Waals surface area contributed by atoms with Crippen LogP contribution in [-0.4, -0.2) is 8.75 Å². The number of rotatable bonds is 1. The average molecular weight is 355 g/mol. The van der Waals surface area contributed by atoms with Gasteiger partial charge in [0.2, 0.25) is 0 Å². The Morgan fingerprint density at radius 1 is 1.15 bits per heavy atom. The van der Waals surface area contributed by atoms with E-state index in [1.807, 2.05) is 0 Å². The zero-order valence-electron chi connectivity index (χ0n) is 7.81. The molecule has 74 valence electrons. The predicted molar refractivity (Wildman–Crippen MR) is 67.6 cm³/mol. The predicted octanol–water partition coefficient (Wildman–Crippen LogP) is 4.01. The third-order valence-electron chi connectivity index (χ3n) is 4.59. The van der Waals surface area contributed by atoms with E-state index >= 15 is 0 Å². The van der Waals surface area contributed by atoms with Gasteiger partial charge in [-0.25, -0.2) is 0 Å². The van der Waals surface area contributed by atoms with Crippen LogP contribution in [0.25, 0.3) is 0 Å². The maximum atomic E-state index is 3.73. The summed E-state index contributed by atoms with van der Waals surface area (Å²) in [5.74, 6) is 4.26. The first kappa shape index (κ1) is 9.44. The Balaban J connectivity index is 1.93. The zero-order chi connectivity index (χ0) is 9.05. The average Bonchev–Trinajstić information content (AvgIpc) is 2.00. The van der Waals surface area contributed by atoms with E-state index in [0.717, 1.165) is 23.7 Å². The molecule has 0 aromatic heterocycles. The van der Waals surface area contributed by atoms with Gasteiger partial charge >= 0.3 is 0 Å². The number of alkyl halides is 2. The van der Waals surface area contributed by atoms with Crippen molar-refractivity contribution in [2.75, 3.05) is 5.33 Å². The van der Waals surface area contributed by atoms with E-state index in [9.17, 15) is 0 Å². The molecule has 0 aliphatic heterocycles. The lowest BCUT2D eigenvalue weighted by Gasteiger charge is -2.58. The molecule has 0 amide bonds. The standard InChI is InChI=1S/C11H16BrI/c12-6-10-9-2-7-1-8(3-9)5-11(10,13)4-7/h7-10H,1-6H2. The summed E-state index contributed by atoms with van der Waals surface area (Å²) in [4.78, 5) is 0. The van der Waals surface area contributed by atoms with Crippen LogP contribution < -0.4 is 0 Å². The molecule has 4 bridgehead atoms. The van der Waals surface area contributed by atoms with Crippen molar-refractivity contribution in [1.29, 1.82) is 0 Å². The Bertz CT molecular complexity index is 214. The molecule has 4 fully saturated rings. The van der Waals surface area contributed by atoms with Gasteiger partial charge in [-0.3, -0.25) is 0 Å². The minimum absolute atomic E-state index is 0.690. The highest BCUT2D eigenvalue weighted by Gasteiger charge is 2.55. The van der Waals surface area contributed by atoms with Crippen LogP contribution in [0.3, 0.4) is 0 Å². The first-order chi connectivity index (χ1) is 6.21. The van der Waals surface area contributed by atoms with E-state index < -0.39 is 0 Å². The largest absolute Gasteiger partial charge is 0.0924 e. The summed E-state index contributed by atoms with van der Waals surface area (Å²) in [6, 6.07) is 0. The second-order valence-electron chi connectivity index (χ2n) is 5.40. The summed E-state index contributed by atoms with van der Waals surface area (Å²) >= 11 is 6.53. The van der Waals surface area contributed by atoms with Crippen LogP contribution in [0.1, 0.15) is 32.1 Å². The minimum Gasteiger partial charge on any atom is -0.0924 e. The van der Waals surface area contributed by atoms with Crippen molar-refractivity contribution in [2.24, 2.45) is 23.7 Å². The number of hydrogen-bond acceptors (Lipinski definition) is 0. The third kappa shape index (κ3) is 1.34. The van der Waals surface area contributed by atoms with Crippen LogP contribution >= 0.6 is 38.5 Å². The highest BCUT2D eigenvalue weighted by Crippen LogP contribution is 2.62. The van der Waals surface area contributed by atoms with Crippen molar-refractivity contribution < 1.29 is 0 Å². The van der Waals surface area contributed by atoms with E-state index in [0.29, 0.717) is 3.42 Å². The van der Waals surface area contributed by atoms with Crippen LogP contribution in [0.2, 0.25) is 0 Å². The van der Waals surface area contributed by atoms with Crippen LogP contribution in [0, 0.1) is 23.7 Å². The quantitative estimate of drug-likeness (QED) is 0.493. The molecule has 0 radical (unpaired) electrons. The van der Waals surface area contributed by atoms with E-state index in [-0.39, 0.29) is 0 Å². The van der Waals surface area contributed by atoms with Crippen molar-refractivity contribution in [1.82, 2.24) is 0 Å². The molecule has 13 heavy (non-hydrogen) atoms. The van der Waals surface area contributed by atoms with Crippen LogP contribution in [-0.2, 0) is 0 Å². The van der Waals surface area contributed by atoms with E-state index in [4.69, 9.17) is 0 Å². The molecule has 4 rings (SSSR count). The van der Waals surface area contributed by atoms with Gasteiger partial charge in [0.15, 0.2) is 0 Å². The second-order valence-corrected chi connectivity index (χ2v) is 8.20. The van der Waals surface area contributed by atoms with Crippen molar-refractivity contribution in [3.05, 3.63) is 0 Å².